The molecule has 112 valence electrons. The van der Waals surface area contributed by atoms with Crippen LogP contribution in [0.15, 0.2) is 12.7 Å². The van der Waals surface area contributed by atoms with Crippen LogP contribution < -0.4 is 0 Å². The van der Waals surface area contributed by atoms with Crippen LogP contribution in [0.25, 0.3) is 0 Å². The molecule has 2 fully saturated rings. The monoisotopic (exact) mass is 280 g/mol. The van der Waals surface area contributed by atoms with E-state index in [4.69, 9.17) is 4.74 Å². The summed E-state index contributed by atoms with van der Waals surface area (Å²) >= 11 is 0. The largest absolute Gasteiger partial charge is 0.382 e. The average Bonchev–Trinajstić information content (AvgIpc) is 3.26. The third-order valence-electron chi connectivity index (χ3n) is 4.61. The first-order valence-corrected chi connectivity index (χ1v) is 7.22. The first kappa shape index (κ1) is 15.0. The Morgan fingerprint density at radius 1 is 1.40 bits per heavy atom. The van der Waals surface area contributed by atoms with Gasteiger partial charge in [-0.2, -0.15) is 0 Å². The van der Waals surface area contributed by atoms with Gasteiger partial charge in [-0.15, -0.1) is 0 Å². The van der Waals surface area contributed by atoms with Crippen LogP contribution in [0.1, 0.15) is 25.7 Å². The highest BCUT2D eigenvalue weighted by Crippen LogP contribution is 2.42. The smallest absolute Gasteiger partial charge is 0.245 e. The van der Waals surface area contributed by atoms with Gasteiger partial charge in [0.2, 0.25) is 11.8 Å². The van der Waals surface area contributed by atoms with E-state index in [0.29, 0.717) is 19.7 Å². The predicted octanol–water partition coefficient (Wildman–Crippen LogP) is 1.05. The van der Waals surface area contributed by atoms with Crippen LogP contribution in [0.2, 0.25) is 0 Å². The molecule has 1 aliphatic heterocycles. The molecule has 0 aromatic heterocycles. The Balaban J connectivity index is 1.89. The second-order valence-corrected chi connectivity index (χ2v) is 5.86. The van der Waals surface area contributed by atoms with Crippen LogP contribution in [0.5, 0.6) is 0 Å². The number of rotatable bonds is 5. The highest BCUT2D eigenvalue weighted by Gasteiger charge is 2.49. The maximum atomic E-state index is 12.6. The summed E-state index contributed by atoms with van der Waals surface area (Å²) in [6, 6.07) is 0. The first-order chi connectivity index (χ1) is 9.54. The summed E-state index contributed by atoms with van der Waals surface area (Å²) in [5.41, 5.74) is -0.0695. The van der Waals surface area contributed by atoms with Gasteiger partial charge in [0.25, 0.3) is 0 Å². The van der Waals surface area contributed by atoms with E-state index in [2.05, 4.69) is 6.58 Å². The summed E-state index contributed by atoms with van der Waals surface area (Å²) < 4.78 is 5.23. The molecule has 2 amide bonds. The minimum atomic E-state index is -0.0695. The van der Waals surface area contributed by atoms with Crippen molar-refractivity contribution in [3.05, 3.63) is 12.7 Å². The number of piperidine rings is 1. The van der Waals surface area contributed by atoms with E-state index >= 15 is 0 Å². The van der Waals surface area contributed by atoms with Gasteiger partial charge in [-0.1, -0.05) is 6.58 Å². The molecular weight excluding hydrogens is 256 g/mol. The summed E-state index contributed by atoms with van der Waals surface area (Å²) in [7, 11) is 3.56. The lowest BCUT2D eigenvalue weighted by atomic mass is 9.94. The molecule has 0 aromatic rings. The maximum absolute atomic E-state index is 12.6. The number of amides is 2. The Hall–Kier alpha value is -1.36. The molecule has 1 saturated carbocycles. The summed E-state index contributed by atoms with van der Waals surface area (Å²) in [6.45, 7) is 5.40. The summed E-state index contributed by atoms with van der Waals surface area (Å²) in [5.74, 6) is 0.191. The Labute approximate surface area is 120 Å². The number of likely N-dealkylation sites (N-methyl/N-ethyl adjacent to an activating group) is 1. The molecule has 0 unspecified atom stereocenters. The fraction of sp³-hybridized carbons (Fsp3) is 0.733. The second kappa shape index (κ2) is 5.95. The zero-order chi connectivity index (χ0) is 14.8. The molecule has 0 radical (unpaired) electrons. The minimum Gasteiger partial charge on any atom is -0.382 e. The fourth-order valence-electron chi connectivity index (χ4n) is 2.97. The van der Waals surface area contributed by atoms with Crippen LogP contribution in [-0.2, 0) is 14.3 Å². The average molecular weight is 280 g/mol. The molecule has 0 bridgehead atoms. The maximum Gasteiger partial charge on any atom is 0.245 e. The molecular formula is C15H24N2O3. The van der Waals surface area contributed by atoms with Gasteiger partial charge in [0.1, 0.15) is 0 Å². The second-order valence-electron chi connectivity index (χ2n) is 5.86. The van der Waals surface area contributed by atoms with Crippen LogP contribution >= 0.6 is 0 Å². The number of nitrogens with zero attached hydrogens (tertiary/aromatic N) is 2. The molecule has 1 aliphatic carbocycles. The number of hydrogen-bond donors (Lipinski definition) is 0. The van der Waals surface area contributed by atoms with Crippen molar-refractivity contribution < 1.29 is 14.3 Å². The lowest BCUT2D eigenvalue weighted by Crippen LogP contribution is -2.48. The highest BCUT2D eigenvalue weighted by molar-refractivity contribution is 5.87. The zero-order valence-electron chi connectivity index (χ0n) is 12.4. The molecule has 0 spiro atoms. The SMILES string of the molecule is C=CC(=O)N1CCC(C(=O)N(C)C2(COC)CC2)CC1. The van der Waals surface area contributed by atoms with Crippen molar-refractivity contribution in [1.29, 1.82) is 0 Å². The van der Waals surface area contributed by atoms with Crippen LogP contribution in [0.3, 0.4) is 0 Å². The quantitative estimate of drug-likeness (QED) is 0.707. The van der Waals surface area contributed by atoms with E-state index in [0.717, 1.165) is 25.7 Å². The highest BCUT2D eigenvalue weighted by atomic mass is 16.5. The van der Waals surface area contributed by atoms with Crippen LogP contribution in [0, 0.1) is 5.92 Å². The summed E-state index contributed by atoms with van der Waals surface area (Å²) in [5, 5.41) is 0. The molecule has 1 saturated heterocycles. The van der Waals surface area contributed by atoms with Gasteiger partial charge >= 0.3 is 0 Å². The van der Waals surface area contributed by atoms with Gasteiger partial charge in [-0.05, 0) is 31.8 Å². The first-order valence-electron chi connectivity index (χ1n) is 7.22. The Morgan fingerprint density at radius 2 is 2.00 bits per heavy atom. The van der Waals surface area contributed by atoms with Crippen molar-refractivity contribution in [3.8, 4) is 0 Å². The molecule has 20 heavy (non-hydrogen) atoms. The van der Waals surface area contributed by atoms with Crippen molar-refractivity contribution >= 4 is 11.8 Å². The number of hydrogen-bond acceptors (Lipinski definition) is 3. The summed E-state index contributed by atoms with van der Waals surface area (Å²) in [4.78, 5) is 27.7. The van der Waals surface area contributed by atoms with E-state index in [9.17, 15) is 9.59 Å². The number of ether oxygens (including phenoxy) is 1. The van der Waals surface area contributed by atoms with Crippen molar-refractivity contribution in [1.82, 2.24) is 9.80 Å². The van der Waals surface area contributed by atoms with Crippen LogP contribution in [0.4, 0.5) is 0 Å². The van der Waals surface area contributed by atoms with E-state index in [1.165, 1.54) is 6.08 Å². The molecule has 2 aliphatic rings. The topological polar surface area (TPSA) is 49.9 Å². The zero-order valence-corrected chi connectivity index (χ0v) is 12.4. The standard InChI is InChI=1S/C15H24N2O3/c1-4-13(18)17-9-5-12(6-10-17)14(19)16(2)15(7-8-15)11-20-3/h4,12H,1,5-11H2,2-3H3. The molecule has 5 nitrogen and oxygen atoms in total. The van der Waals surface area contributed by atoms with Gasteiger partial charge < -0.3 is 14.5 Å². The van der Waals surface area contributed by atoms with E-state index in [1.807, 2.05) is 11.9 Å². The van der Waals surface area contributed by atoms with E-state index in [1.54, 1.807) is 12.0 Å². The predicted molar refractivity (Wildman–Crippen MR) is 76.1 cm³/mol. The Kier molecular flexibility index (Phi) is 4.48. The van der Waals surface area contributed by atoms with Crippen LogP contribution in [-0.4, -0.2) is 61.0 Å². The number of carbonyl (C=O) groups is 2. The Morgan fingerprint density at radius 3 is 2.45 bits per heavy atom. The van der Waals surface area contributed by atoms with Gasteiger partial charge in [0.05, 0.1) is 12.1 Å². The van der Waals surface area contributed by atoms with Gasteiger partial charge in [-0.25, -0.2) is 0 Å². The molecule has 0 N–H and O–H groups in total. The normalized spacial score (nSPS) is 21.4. The van der Waals surface area contributed by atoms with E-state index < -0.39 is 0 Å². The van der Waals surface area contributed by atoms with Crippen molar-refractivity contribution in [3.63, 3.8) is 0 Å². The number of methoxy groups -OCH3 is 1. The summed E-state index contributed by atoms with van der Waals surface area (Å²) in [6.07, 6.45) is 4.87. The number of carbonyl (C=O) groups excluding carboxylic acids is 2. The molecule has 5 heteroatoms. The minimum absolute atomic E-state index is 0.0307. The number of likely N-dealkylation sites (tertiary alicyclic amines) is 1. The van der Waals surface area contributed by atoms with Gasteiger partial charge in [-0.3, -0.25) is 9.59 Å². The Bertz CT molecular complexity index is 396. The van der Waals surface area contributed by atoms with Crippen molar-refractivity contribution in [2.75, 3.05) is 33.9 Å². The fourth-order valence-corrected chi connectivity index (χ4v) is 2.97. The van der Waals surface area contributed by atoms with Gasteiger partial charge in [0.15, 0.2) is 0 Å². The van der Waals surface area contributed by atoms with Crippen molar-refractivity contribution in [2.24, 2.45) is 5.92 Å². The third kappa shape index (κ3) is 2.87. The molecule has 2 rings (SSSR count). The molecule has 0 atom stereocenters. The lowest BCUT2D eigenvalue weighted by Gasteiger charge is -2.35. The van der Waals surface area contributed by atoms with Crippen molar-refractivity contribution in [2.45, 2.75) is 31.2 Å². The third-order valence-corrected chi connectivity index (χ3v) is 4.61. The van der Waals surface area contributed by atoms with Gasteiger partial charge in [0, 0.05) is 33.2 Å². The molecule has 1 heterocycles. The van der Waals surface area contributed by atoms with E-state index in [-0.39, 0.29) is 23.3 Å². The lowest BCUT2D eigenvalue weighted by molar-refractivity contribution is -0.141. The molecule has 0 aromatic carbocycles.